The number of aromatic nitrogens is 1. The second-order valence-corrected chi connectivity index (χ2v) is 8.14. The standard InChI is InChI=1S/C20H25N3O3S/c1-13-8-10-23(11-9-13)12-18-14(2)21-20(27-18)22-19(25)16-4-6-17(7-5-16)26-15(3)24/h4-7,13H,8-12H2,1-3H3,(H,21,22,25). The molecule has 1 aliphatic rings. The molecule has 2 heterocycles. The molecule has 3 rings (SSSR count). The highest BCUT2D eigenvalue weighted by Gasteiger charge is 2.19. The van der Waals surface area contributed by atoms with Gasteiger partial charge in [-0.25, -0.2) is 4.98 Å². The third-order valence-electron chi connectivity index (χ3n) is 4.73. The first-order valence-electron chi connectivity index (χ1n) is 9.19. The minimum atomic E-state index is -0.388. The number of hydrogen-bond acceptors (Lipinski definition) is 6. The van der Waals surface area contributed by atoms with E-state index in [0.29, 0.717) is 16.4 Å². The minimum Gasteiger partial charge on any atom is -0.427 e. The van der Waals surface area contributed by atoms with Crippen LogP contribution in [0.3, 0.4) is 0 Å². The molecule has 1 aliphatic heterocycles. The van der Waals surface area contributed by atoms with Gasteiger partial charge in [0.1, 0.15) is 5.75 Å². The molecule has 27 heavy (non-hydrogen) atoms. The first kappa shape index (κ1) is 19.5. The van der Waals surface area contributed by atoms with Crippen LogP contribution in [0.5, 0.6) is 5.75 Å². The first-order valence-corrected chi connectivity index (χ1v) is 10.0. The Morgan fingerprint density at radius 1 is 1.26 bits per heavy atom. The Morgan fingerprint density at radius 3 is 2.56 bits per heavy atom. The normalized spacial score (nSPS) is 15.5. The number of esters is 1. The minimum absolute atomic E-state index is 0.225. The summed E-state index contributed by atoms with van der Waals surface area (Å²) in [7, 11) is 0. The fourth-order valence-electron chi connectivity index (χ4n) is 3.06. The van der Waals surface area contributed by atoms with Gasteiger partial charge in [0.25, 0.3) is 5.91 Å². The number of nitrogens with zero attached hydrogens (tertiary/aromatic N) is 2. The van der Waals surface area contributed by atoms with E-state index in [-0.39, 0.29) is 11.9 Å². The largest absolute Gasteiger partial charge is 0.427 e. The molecule has 0 saturated carbocycles. The maximum Gasteiger partial charge on any atom is 0.308 e. The van der Waals surface area contributed by atoms with E-state index in [9.17, 15) is 9.59 Å². The Kier molecular flexibility index (Phi) is 6.23. The van der Waals surface area contributed by atoms with E-state index in [0.717, 1.165) is 31.2 Å². The van der Waals surface area contributed by atoms with Crippen LogP contribution < -0.4 is 10.1 Å². The van der Waals surface area contributed by atoms with Crippen molar-refractivity contribution >= 4 is 28.3 Å². The fourth-order valence-corrected chi connectivity index (χ4v) is 4.06. The fraction of sp³-hybridized carbons (Fsp3) is 0.450. The second kappa shape index (κ2) is 8.63. The van der Waals surface area contributed by atoms with Gasteiger partial charge in [0, 0.05) is 23.9 Å². The molecule has 6 nitrogen and oxygen atoms in total. The molecule has 0 atom stereocenters. The average molecular weight is 388 g/mol. The highest BCUT2D eigenvalue weighted by molar-refractivity contribution is 7.15. The van der Waals surface area contributed by atoms with E-state index in [4.69, 9.17) is 4.74 Å². The number of nitrogens with one attached hydrogen (secondary N) is 1. The predicted molar refractivity (Wildman–Crippen MR) is 106 cm³/mol. The number of amides is 1. The lowest BCUT2D eigenvalue weighted by Gasteiger charge is -2.29. The third-order valence-corrected chi connectivity index (χ3v) is 5.79. The molecule has 1 aromatic heterocycles. The van der Waals surface area contributed by atoms with E-state index in [1.807, 2.05) is 6.92 Å². The van der Waals surface area contributed by atoms with Crippen LogP contribution in [-0.2, 0) is 11.3 Å². The SMILES string of the molecule is CC(=O)Oc1ccc(C(=O)Nc2nc(C)c(CN3CCC(C)CC3)s2)cc1. The lowest BCUT2D eigenvalue weighted by molar-refractivity contribution is -0.131. The van der Waals surface area contributed by atoms with Crippen LogP contribution in [-0.4, -0.2) is 34.8 Å². The van der Waals surface area contributed by atoms with Gasteiger partial charge in [0.2, 0.25) is 0 Å². The van der Waals surface area contributed by atoms with Crippen LogP contribution in [0, 0.1) is 12.8 Å². The van der Waals surface area contributed by atoms with Crippen molar-refractivity contribution in [1.29, 1.82) is 0 Å². The first-order chi connectivity index (χ1) is 12.9. The number of aryl methyl sites for hydroxylation is 1. The van der Waals surface area contributed by atoms with E-state index < -0.39 is 0 Å². The van der Waals surface area contributed by atoms with Crippen molar-refractivity contribution in [1.82, 2.24) is 9.88 Å². The van der Waals surface area contributed by atoms with Gasteiger partial charge < -0.3 is 4.74 Å². The number of carbonyl (C=O) groups is 2. The zero-order valence-corrected chi connectivity index (χ0v) is 16.8. The number of anilines is 1. The molecule has 0 spiro atoms. The third kappa shape index (κ3) is 5.37. The van der Waals surface area contributed by atoms with Crippen molar-refractivity contribution in [3.8, 4) is 5.75 Å². The molecule has 2 aromatic rings. The number of carbonyl (C=O) groups excluding carboxylic acids is 2. The van der Waals surface area contributed by atoms with Gasteiger partial charge in [-0.05, 0) is 63.0 Å². The van der Waals surface area contributed by atoms with E-state index in [2.05, 4.69) is 22.1 Å². The van der Waals surface area contributed by atoms with Crippen LogP contribution in [0.4, 0.5) is 5.13 Å². The van der Waals surface area contributed by atoms with E-state index >= 15 is 0 Å². The Labute approximate surface area is 163 Å². The lowest BCUT2D eigenvalue weighted by atomic mass is 9.99. The number of likely N-dealkylation sites (tertiary alicyclic amines) is 1. The number of rotatable bonds is 5. The highest BCUT2D eigenvalue weighted by atomic mass is 32.1. The highest BCUT2D eigenvalue weighted by Crippen LogP contribution is 2.26. The number of hydrogen-bond donors (Lipinski definition) is 1. The van der Waals surface area contributed by atoms with Crippen molar-refractivity contribution in [3.63, 3.8) is 0 Å². The maximum atomic E-state index is 12.4. The monoisotopic (exact) mass is 387 g/mol. The summed E-state index contributed by atoms with van der Waals surface area (Å²) < 4.78 is 4.98. The smallest absolute Gasteiger partial charge is 0.308 e. The molecule has 0 aliphatic carbocycles. The Bertz CT molecular complexity index is 808. The molecule has 1 N–H and O–H groups in total. The summed E-state index contributed by atoms with van der Waals surface area (Å²) in [6.07, 6.45) is 2.48. The molecule has 0 radical (unpaired) electrons. The van der Waals surface area contributed by atoms with Gasteiger partial charge in [-0.2, -0.15) is 0 Å². The Morgan fingerprint density at radius 2 is 1.93 bits per heavy atom. The van der Waals surface area contributed by atoms with Crippen LogP contribution in [0.1, 0.15) is 47.6 Å². The summed E-state index contributed by atoms with van der Waals surface area (Å²) >= 11 is 1.53. The summed E-state index contributed by atoms with van der Waals surface area (Å²) in [6.45, 7) is 8.77. The van der Waals surface area contributed by atoms with Gasteiger partial charge in [0.05, 0.1) is 5.69 Å². The van der Waals surface area contributed by atoms with Gasteiger partial charge in [-0.3, -0.25) is 19.8 Å². The molecule has 1 saturated heterocycles. The molecule has 1 amide bonds. The van der Waals surface area contributed by atoms with Crippen molar-refractivity contribution in [2.75, 3.05) is 18.4 Å². The summed E-state index contributed by atoms with van der Waals surface area (Å²) in [6, 6.07) is 6.46. The number of thiazole rings is 1. The van der Waals surface area contributed by atoms with Crippen LogP contribution >= 0.6 is 11.3 Å². The van der Waals surface area contributed by atoms with E-state index in [1.165, 1.54) is 36.0 Å². The average Bonchev–Trinajstić information content (AvgIpc) is 2.96. The zero-order valence-electron chi connectivity index (χ0n) is 15.9. The van der Waals surface area contributed by atoms with Crippen molar-refractivity contribution < 1.29 is 14.3 Å². The van der Waals surface area contributed by atoms with Gasteiger partial charge in [-0.15, -0.1) is 11.3 Å². The van der Waals surface area contributed by atoms with Crippen LogP contribution in [0.2, 0.25) is 0 Å². The van der Waals surface area contributed by atoms with Gasteiger partial charge in [-0.1, -0.05) is 6.92 Å². The van der Waals surface area contributed by atoms with Crippen molar-refractivity contribution in [2.45, 2.75) is 40.2 Å². The van der Waals surface area contributed by atoms with Crippen molar-refractivity contribution in [3.05, 3.63) is 40.4 Å². The van der Waals surface area contributed by atoms with Gasteiger partial charge in [0.15, 0.2) is 5.13 Å². The topological polar surface area (TPSA) is 71.5 Å². The van der Waals surface area contributed by atoms with Crippen LogP contribution in [0.15, 0.2) is 24.3 Å². The molecule has 144 valence electrons. The molecule has 0 bridgehead atoms. The van der Waals surface area contributed by atoms with Crippen molar-refractivity contribution in [2.24, 2.45) is 5.92 Å². The molecular weight excluding hydrogens is 362 g/mol. The maximum absolute atomic E-state index is 12.4. The summed E-state index contributed by atoms with van der Waals surface area (Å²) in [5.74, 6) is 0.616. The molecule has 7 heteroatoms. The molecule has 1 fully saturated rings. The number of piperidine rings is 1. The summed E-state index contributed by atoms with van der Waals surface area (Å²) in [5, 5.41) is 3.48. The number of ether oxygens (including phenoxy) is 1. The Hall–Kier alpha value is -2.25. The van der Waals surface area contributed by atoms with E-state index in [1.54, 1.807) is 24.3 Å². The molecular formula is C20H25N3O3S. The zero-order chi connectivity index (χ0) is 19.4. The lowest BCUT2D eigenvalue weighted by Crippen LogP contribution is -2.32. The van der Waals surface area contributed by atoms with Crippen LogP contribution in [0.25, 0.3) is 0 Å². The predicted octanol–water partition coefficient (Wildman–Crippen LogP) is 3.86. The van der Waals surface area contributed by atoms with Gasteiger partial charge >= 0.3 is 5.97 Å². The second-order valence-electron chi connectivity index (χ2n) is 7.06. The summed E-state index contributed by atoms with van der Waals surface area (Å²) in [5.41, 5.74) is 1.46. The summed E-state index contributed by atoms with van der Waals surface area (Å²) in [4.78, 5) is 31.5. The molecule has 1 aromatic carbocycles. The molecule has 0 unspecified atom stereocenters. The quantitative estimate of drug-likeness (QED) is 0.623. The number of benzene rings is 1. The Balaban J connectivity index is 1.60.